The standard InChI is InChI=1S/C9H10N4O7/c14-7(10-5(9(17)18)3-8(15)16)4-12-2-1-6(11-12)13(19)20/h1-2,5H,3-4H2,(H,10,14)(H,15,16)(H,17,18)/t5-/m1/s1. The summed E-state index contributed by atoms with van der Waals surface area (Å²) in [6.07, 6.45) is 0.394. The largest absolute Gasteiger partial charge is 0.481 e. The van der Waals surface area contributed by atoms with Crippen LogP contribution in [0.3, 0.4) is 0 Å². The van der Waals surface area contributed by atoms with Crippen molar-refractivity contribution >= 4 is 23.7 Å². The number of hydrogen-bond acceptors (Lipinski definition) is 6. The van der Waals surface area contributed by atoms with E-state index < -0.39 is 47.6 Å². The summed E-state index contributed by atoms with van der Waals surface area (Å²) >= 11 is 0. The molecule has 1 amide bonds. The first-order chi connectivity index (χ1) is 9.29. The zero-order valence-electron chi connectivity index (χ0n) is 9.92. The minimum absolute atomic E-state index is 0.460. The Morgan fingerprint density at radius 2 is 2.10 bits per heavy atom. The molecule has 0 aliphatic carbocycles. The number of nitrogens with one attached hydrogen (secondary N) is 1. The SMILES string of the molecule is O=C(O)C[C@@H](NC(=O)Cn1ccc([N+](=O)[O-])n1)C(=O)O. The summed E-state index contributed by atoms with van der Waals surface area (Å²) in [5.74, 6) is -4.16. The Morgan fingerprint density at radius 3 is 2.55 bits per heavy atom. The Morgan fingerprint density at radius 1 is 1.45 bits per heavy atom. The Kier molecular flexibility index (Phi) is 4.72. The number of aliphatic carboxylic acids is 2. The van der Waals surface area contributed by atoms with Gasteiger partial charge in [0.1, 0.15) is 12.6 Å². The van der Waals surface area contributed by atoms with Gasteiger partial charge >= 0.3 is 17.8 Å². The number of carboxylic acids is 2. The van der Waals surface area contributed by atoms with Crippen LogP contribution in [0, 0.1) is 10.1 Å². The summed E-state index contributed by atoms with van der Waals surface area (Å²) in [5, 5.41) is 33.0. The van der Waals surface area contributed by atoms with E-state index in [9.17, 15) is 24.5 Å². The van der Waals surface area contributed by atoms with Gasteiger partial charge in [-0.05, 0) is 4.92 Å². The van der Waals surface area contributed by atoms with E-state index in [1.165, 1.54) is 6.20 Å². The molecule has 0 aromatic carbocycles. The van der Waals surface area contributed by atoms with Crippen LogP contribution in [0.1, 0.15) is 6.42 Å². The van der Waals surface area contributed by atoms with Crippen LogP contribution in [0.4, 0.5) is 5.82 Å². The molecule has 0 fully saturated rings. The van der Waals surface area contributed by atoms with Crippen molar-refractivity contribution in [1.82, 2.24) is 15.1 Å². The van der Waals surface area contributed by atoms with Crippen LogP contribution < -0.4 is 5.32 Å². The van der Waals surface area contributed by atoms with E-state index in [0.717, 1.165) is 10.7 Å². The van der Waals surface area contributed by atoms with Crippen molar-refractivity contribution in [2.45, 2.75) is 19.0 Å². The fraction of sp³-hybridized carbons (Fsp3) is 0.333. The summed E-state index contributed by atoms with van der Waals surface area (Å²) in [6, 6.07) is -0.510. The zero-order chi connectivity index (χ0) is 15.3. The average molecular weight is 286 g/mol. The molecule has 11 nitrogen and oxygen atoms in total. The number of aromatic nitrogens is 2. The van der Waals surface area contributed by atoms with Gasteiger partial charge in [-0.25, -0.2) is 4.79 Å². The molecule has 0 unspecified atom stereocenters. The van der Waals surface area contributed by atoms with Crippen LogP contribution in [0.15, 0.2) is 12.3 Å². The van der Waals surface area contributed by atoms with Crippen LogP contribution in [-0.2, 0) is 20.9 Å². The van der Waals surface area contributed by atoms with Crippen LogP contribution in [-0.4, -0.2) is 48.8 Å². The van der Waals surface area contributed by atoms with Gasteiger partial charge in [0.2, 0.25) is 5.91 Å². The summed E-state index contributed by atoms with van der Waals surface area (Å²) in [5.41, 5.74) is 0. The van der Waals surface area contributed by atoms with Gasteiger partial charge in [-0.15, -0.1) is 0 Å². The summed E-state index contributed by atoms with van der Waals surface area (Å²) in [6.45, 7) is -0.461. The smallest absolute Gasteiger partial charge is 0.389 e. The maximum Gasteiger partial charge on any atom is 0.389 e. The first-order valence-corrected chi connectivity index (χ1v) is 5.21. The quantitative estimate of drug-likeness (QED) is 0.416. The second-order valence-corrected chi connectivity index (χ2v) is 3.68. The lowest BCUT2D eigenvalue weighted by molar-refractivity contribution is -0.389. The topological polar surface area (TPSA) is 165 Å². The van der Waals surface area contributed by atoms with E-state index in [4.69, 9.17) is 10.2 Å². The molecule has 0 saturated heterocycles. The van der Waals surface area contributed by atoms with Crippen molar-refractivity contribution in [3.63, 3.8) is 0 Å². The molecule has 1 atom stereocenters. The van der Waals surface area contributed by atoms with E-state index >= 15 is 0 Å². The first kappa shape index (κ1) is 15.1. The predicted octanol–water partition coefficient (Wildman–Crippen LogP) is -1.16. The van der Waals surface area contributed by atoms with Gasteiger partial charge in [0.15, 0.2) is 0 Å². The molecule has 20 heavy (non-hydrogen) atoms. The van der Waals surface area contributed by atoms with Gasteiger partial charge in [0.25, 0.3) is 0 Å². The number of amides is 1. The summed E-state index contributed by atoms with van der Waals surface area (Å²) < 4.78 is 0.938. The van der Waals surface area contributed by atoms with E-state index in [0.29, 0.717) is 0 Å². The predicted molar refractivity (Wildman–Crippen MR) is 60.7 cm³/mol. The fourth-order valence-corrected chi connectivity index (χ4v) is 1.30. The van der Waals surface area contributed by atoms with Gasteiger partial charge in [0.05, 0.1) is 23.8 Å². The summed E-state index contributed by atoms with van der Waals surface area (Å²) in [7, 11) is 0. The Bertz CT molecular complexity index is 552. The normalized spacial score (nSPS) is 11.6. The van der Waals surface area contributed by atoms with Crippen LogP contribution >= 0.6 is 0 Å². The maximum absolute atomic E-state index is 11.5. The van der Waals surface area contributed by atoms with Crippen molar-refractivity contribution in [2.24, 2.45) is 0 Å². The molecular formula is C9H10N4O7. The number of carbonyl (C=O) groups is 3. The molecule has 0 radical (unpaired) electrons. The minimum atomic E-state index is -1.58. The summed E-state index contributed by atoms with van der Waals surface area (Å²) in [4.78, 5) is 42.3. The first-order valence-electron chi connectivity index (χ1n) is 5.21. The molecule has 0 aliphatic heterocycles. The Labute approximate surface area is 111 Å². The molecule has 1 aromatic heterocycles. The lowest BCUT2D eigenvalue weighted by Gasteiger charge is -2.11. The number of carbonyl (C=O) groups excluding carboxylic acids is 1. The molecule has 0 bridgehead atoms. The highest BCUT2D eigenvalue weighted by molar-refractivity contribution is 5.86. The van der Waals surface area contributed by atoms with Gasteiger partial charge in [-0.1, -0.05) is 0 Å². The highest BCUT2D eigenvalue weighted by Crippen LogP contribution is 2.05. The van der Waals surface area contributed by atoms with Crippen LogP contribution in [0.2, 0.25) is 0 Å². The van der Waals surface area contributed by atoms with Gasteiger partial charge in [0, 0.05) is 0 Å². The molecule has 11 heteroatoms. The van der Waals surface area contributed by atoms with Gasteiger partial charge in [-0.3, -0.25) is 9.59 Å². The fourth-order valence-electron chi connectivity index (χ4n) is 1.30. The molecule has 1 aromatic rings. The molecule has 0 spiro atoms. The van der Waals surface area contributed by atoms with Crippen LogP contribution in [0.5, 0.6) is 0 Å². The minimum Gasteiger partial charge on any atom is -0.481 e. The number of rotatable bonds is 7. The molecule has 108 valence electrons. The van der Waals surface area contributed by atoms with E-state index in [2.05, 4.69) is 5.10 Å². The van der Waals surface area contributed by atoms with Crippen molar-refractivity contribution < 1.29 is 29.5 Å². The number of hydrogen-bond donors (Lipinski definition) is 3. The average Bonchev–Trinajstić information content (AvgIpc) is 2.75. The Balaban J connectivity index is 2.62. The third-order valence-electron chi connectivity index (χ3n) is 2.13. The highest BCUT2D eigenvalue weighted by atomic mass is 16.6. The molecule has 1 heterocycles. The zero-order valence-corrected chi connectivity index (χ0v) is 9.92. The van der Waals surface area contributed by atoms with E-state index in [-0.39, 0.29) is 0 Å². The molecule has 3 N–H and O–H groups in total. The lowest BCUT2D eigenvalue weighted by Crippen LogP contribution is -2.43. The molecule has 1 rings (SSSR count). The maximum atomic E-state index is 11.5. The third kappa shape index (κ3) is 4.36. The van der Waals surface area contributed by atoms with Crippen LogP contribution in [0.25, 0.3) is 0 Å². The second kappa shape index (κ2) is 6.26. The van der Waals surface area contributed by atoms with E-state index in [1.54, 1.807) is 0 Å². The van der Waals surface area contributed by atoms with Crippen molar-refractivity contribution in [1.29, 1.82) is 0 Å². The molecule has 0 aliphatic rings. The van der Waals surface area contributed by atoms with Gasteiger partial charge in [-0.2, -0.15) is 4.68 Å². The Hall–Kier alpha value is -2.98. The molecule has 0 saturated carbocycles. The number of nitro groups is 1. The molecular weight excluding hydrogens is 276 g/mol. The van der Waals surface area contributed by atoms with Gasteiger partial charge < -0.3 is 25.6 Å². The lowest BCUT2D eigenvalue weighted by atomic mass is 10.2. The highest BCUT2D eigenvalue weighted by Gasteiger charge is 2.23. The third-order valence-corrected chi connectivity index (χ3v) is 2.13. The number of nitrogens with zero attached hydrogens (tertiary/aromatic N) is 3. The van der Waals surface area contributed by atoms with Crippen molar-refractivity contribution in [2.75, 3.05) is 0 Å². The monoisotopic (exact) mass is 286 g/mol. The van der Waals surface area contributed by atoms with Crippen molar-refractivity contribution in [3.8, 4) is 0 Å². The second-order valence-electron chi connectivity index (χ2n) is 3.68. The van der Waals surface area contributed by atoms with E-state index in [1.807, 2.05) is 5.32 Å². The van der Waals surface area contributed by atoms with Crippen molar-refractivity contribution in [3.05, 3.63) is 22.4 Å². The number of carboxylic acid groups (broad SMARTS) is 2.